The van der Waals surface area contributed by atoms with Gasteiger partial charge in [0.2, 0.25) is 5.91 Å². The standard InChI is InChI=1S/C10H19NO4/c1-9(2,15)6-11(5)7(12)10(3,4)8(13)14/h15H,6H2,1-5H3,(H,13,14). The zero-order chi connectivity index (χ0) is 12.4. The van der Waals surface area contributed by atoms with Crippen molar-refractivity contribution in [1.29, 1.82) is 0 Å². The van der Waals surface area contributed by atoms with E-state index in [9.17, 15) is 14.7 Å². The van der Waals surface area contributed by atoms with Crippen LogP contribution in [0.4, 0.5) is 0 Å². The summed E-state index contributed by atoms with van der Waals surface area (Å²) in [5.41, 5.74) is -2.49. The molecule has 0 atom stereocenters. The number of hydrogen-bond acceptors (Lipinski definition) is 3. The molecule has 0 aliphatic rings. The minimum atomic E-state index is -1.46. The molecule has 5 heteroatoms. The van der Waals surface area contributed by atoms with Crippen LogP contribution in [0.15, 0.2) is 0 Å². The van der Waals surface area contributed by atoms with Crippen LogP contribution in [0.3, 0.4) is 0 Å². The second kappa shape index (κ2) is 4.18. The number of carboxylic acid groups (broad SMARTS) is 1. The van der Waals surface area contributed by atoms with Crippen molar-refractivity contribution < 1.29 is 19.8 Å². The minimum Gasteiger partial charge on any atom is -0.480 e. The summed E-state index contributed by atoms with van der Waals surface area (Å²) < 4.78 is 0. The van der Waals surface area contributed by atoms with Gasteiger partial charge in [-0.2, -0.15) is 0 Å². The van der Waals surface area contributed by atoms with E-state index in [4.69, 9.17) is 5.11 Å². The molecule has 0 fully saturated rings. The quantitative estimate of drug-likeness (QED) is 0.665. The summed E-state index contributed by atoms with van der Waals surface area (Å²) in [6, 6.07) is 0. The van der Waals surface area contributed by atoms with E-state index in [0.717, 1.165) is 0 Å². The molecular weight excluding hydrogens is 198 g/mol. The van der Waals surface area contributed by atoms with Gasteiger partial charge in [-0.15, -0.1) is 0 Å². The first-order valence-electron chi connectivity index (χ1n) is 4.70. The van der Waals surface area contributed by atoms with Crippen LogP contribution in [0, 0.1) is 5.41 Å². The normalized spacial score (nSPS) is 12.4. The van der Waals surface area contributed by atoms with Gasteiger partial charge in [0, 0.05) is 13.6 Å². The van der Waals surface area contributed by atoms with Crippen LogP contribution in [0.2, 0.25) is 0 Å². The van der Waals surface area contributed by atoms with Gasteiger partial charge in [0.25, 0.3) is 0 Å². The van der Waals surface area contributed by atoms with Gasteiger partial charge in [0.15, 0.2) is 0 Å². The van der Waals surface area contributed by atoms with Crippen molar-refractivity contribution in [3.05, 3.63) is 0 Å². The second-order valence-corrected chi connectivity index (χ2v) is 4.90. The molecule has 2 N–H and O–H groups in total. The fourth-order valence-corrected chi connectivity index (χ4v) is 1.22. The van der Waals surface area contributed by atoms with Crippen LogP contribution < -0.4 is 0 Å². The van der Waals surface area contributed by atoms with E-state index in [1.54, 1.807) is 13.8 Å². The Morgan fingerprint density at radius 1 is 1.20 bits per heavy atom. The van der Waals surface area contributed by atoms with Crippen LogP contribution in [0.5, 0.6) is 0 Å². The Labute approximate surface area is 89.7 Å². The van der Waals surface area contributed by atoms with E-state index < -0.39 is 22.9 Å². The molecule has 0 aromatic heterocycles. The molecule has 0 unspecified atom stereocenters. The van der Waals surface area contributed by atoms with Crippen LogP contribution in [-0.2, 0) is 9.59 Å². The van der Waals surface area contributed by atoms with Gasteiger partial charge in [-0.05, 0) is 27.7 Å². The monoisotopic (exact) mass is 217 g/mol. The third-order valence-corrected chi connectivity index (χ3v) is 2.04. The number of carbonyl (C=O) groups is 2. The molecular formula is C10H19NO4. The van der Waals surface area contributed by atoms with Crippen LogP contribution in [-0.4, -0.2) is 46.2 Å². The third kappa shape index (κ3) is 3.87. The minimum absolute atomic E-state index is 0.0997. The fourth-order valence-electron chi connectivity index (χ4n) is 1.22. The maximum atomic E-state index is 11.7. The highest BCUT2D eigenvalue weighted by Crippen LogP contribution is 2.19. The van der Waals surface area contributed by atoms with E-state index in [0.29, 0.717) is 0 Å². The topological polar surface area (TPSA) is 77.8 Å². The molecule has 1 amide bonds. The van der Waals surface area contributed by atoms with Crippen LogP contribution in [0.1, 0.15) is 27.7 Å². The molecule has 0 aromatic rings. The van der Waals surface area contributed by atoms with Gasteiger partial charge in [0.05, 0.1) is 5.60 Å². The number of hydrogen-bond donors (Lipinski definition) is 2. The number of rotatable bonds is 4. The smallest absolute Gasteiger partial charge is 0.318 e. The van der Waals surface area contributed by atoms with Crippen LogP contribution in [0.25, 0.3) is 0 Å². The summed E-state index contributed by atoms with van der Waals surface area (Å²) in [6.45, 7) is 5.91. The zero-order valence-electron chi connectivity index (χ0n) is 9.87. The maximum Gasteiger partial charge on any atom is 0.318 e. The molecule has 15 heavy (non-hydrogen) atoms. The summed E-state index contributed by atoms with van der Waals surface area (Å²) in [6.07, 6.45) is 0. The van der Waals surface area contributed by atoms with E-state index in [1.165, 1.54) is 25.8 Å². The third-order valence-electron chi connectivity index (χ3n) is 2.04. The number of likely N-dealkylation sites (N-methyl/N-ethyl adjacent to an activating group) is 1. The maximum absolute atomic E-state index is 11.7. The van der Waals surface area contributed by atoms with Crippen molar-refractivity contribution >= 4 is 11.9 Å². The lowest BCUT2D eigenvalue weighted by molar-refractivity contribution is -0.158. The molecule has 0 heterocycles. The first kappa shape index (κ1) is 13.9. The van der Waals surface area contributed by atoms with E-state index >= 15 is 0 Å². The van der Waals surface area contributed by atoms with Crippen LogP contribution >= 0.6 is 0 Å². The van der Waals surface area contributed by atoms with Gasteiger partial charge < -0.3 is 15.1 Å². The van der Waals surface area contributed by atoms with Gasteiger partial charge in [-0.1, -0.05) is 0 Å². The second-order valence-electron chi connectivity index (χ2n) is 4.90. The molecule has 88 valence electrons. The molecule has 5 nitrogen and oxygen atoms in total. The van der Waals surface area contributed by atoms with E-state index in [1.807, 2.05) is 0 Å². The SMILES string of the molecule is CN(CC(C)(C)O)C(=O)C(C)(C)C(=O)O. The highest BCUT2D eigenvalue weighted by molar-refractivity contribution is 6.00. The van der Waals surface area contributed by atoms with E-state index in [-0.39, 0.29) is 6.54 Å². The molecule has 0 bridgehead atoms. The summed E-state index contributed by atoms with van der Waals surface area (Å²) in [7, 11) is 1.48. The Kier molecular flexibility index (Phi) is 3.88. The Bertz CT molecular complexity index is 265. The van der Waals surface area contributed by atoms with Gasteiger partial charge in [-0.3, -0.25) is 9.59 Å². The predicted molar refractivity (Wildman–Crippen MR) is 55.4 cm³/mol. The molecule has 0 rings (SSSR count). The number of aliphatic hydroxyl groups is 1. The molecule has 0 saturated carbocycles. The molecule has 0 aliphatic heterocycles. The summed E-state index contributed by atoms with van der Waals surface area (Å²) >= 11 is 0. The number of aliphatic carboxylic acids is 1. The van der Waals surface area contributed by atoms with Crippen molar-refractivity contribution in [3.8, 4) is 0 Å². The molecule has 0 aromatic carbocycles. The Hall–Kier alpha value is -1.10. The average molecular weight is 217 g/mol. The molecule has 0 radical (unpaired) electrons. The number of carboxylic acids is 1. The lowest BCUT2D eigenvalue weighted by Gasteiger charge is -2.30. The van der Waals surface area contributed by atoms with Crippen molar-refractivity contribution in [3.63, 3.8) is 0 Å². The molecule has 0 saturated heterocycles. The van der Waals surface area contributed by atoms with Crippen molar-refractivity contribution in [2.24, 2.45) is 5.41 Å². The lowest BCUT2D eigenvalue weighted by atomic mass is 9.91. The Balaban J connectivity index is 4.66. The first-order chi connectivity index (χ1) is 6.48. The number of nitrogens with zero attached hydrogens (tertiary/aromatic N) is 1. The summed E-state index contributed by atoms with van der Waals surface area (Å²) in [5, 5.41) is 18.3. The first-order valence-corrected chi connectivity index (χ1v) is 4.70. The Morgan fingerprint density at radius 2 is 1.60 bits per heavy atom. The summed E-state index contributed by atoms with van der Waals surface area (Å²) in [5.74, 6) is -1.69. The van der Waals surface area contributed by atoms with Gasteiger partial charge in [-0.25, -0.2) is 0 Å². The highest BCUT2D eigenvalue weighted by atomic mass is 16.4. The molecule has 0 spiro atoms. The zero-order valence-corrected chi connectivity index (χ0v) is 9.87. The van der Waals surface area contributed by atoms with E-state index in [2.05, 4.69) is 0 Å². The highest BCUT2D eigenvalue weighted by Gasteiger charge is 2.39. The van der Waals surface area contributed by atoms with Crippen molar-refractivity contribution in [1.82, 2.24) is 4.90 Å². The Morgan fingerprint density at radius 3 is 1.87 bits per heavy atom. The van der Waals surface area contributed by atoms with Gasteiger partial charge in [0.1, 0.15) is 5.41 Å². The fraction of sp³-hybridized carbons (Fsp3) is 0.800. The molecule has 0 aliphatic carbocycles. The van der Waals surface area contributed by atoms with Crippen molar-refractivity contribution in [2.45, 2.75) is 33.3 Å². The largest absolute Gasteiger partial charge is 0.480 e. The summed E-state index contributed by atoms with van der Waals surface area (Å²) in [4.78, 5) is 23.8. The van der Waals surface area contributed by atoms with Gasteiger partial charge >= 0.3 is 5.97 Å². The van der Waals surface area contributed by atoms with Crippen molar-refractivity contribution in [2.75, 3.05) is 13.6 Å². The number of carbonyl (C=O) groups excluding carboxylic acids is 1. The lowest BCUT2D eigenvalue weighted by Crippen LogP contribution is -2.48. The predicted octanol–water partition coefficient (Wildman–Crippen LogP) is 0.326. The number of amides is 1. The average Bonchev–Trinajstić information content (AvgIpc) is 1.99.